The van der Waals surface area contributed by atoms with Gasteiger partial charge in [-0.05, 0) is 36.2 Å². The molecule has 0 spiro atoms. The fourth-order valence-corrected chi connectivity index (χ4v) is 5.57. The lowest BCUT2D eigenvalue weighted by Gasteiger charge is -2.34. The summed E-state index contributed by atoms with van der Waals surface area (Å²) in [6, 6.07) is 22.3. The van der Waals surface area contributed by atoms with Crippen LogP contribution in [0.25, 0.3) is 0 Å². The first kappa shape index (κ1) is 24.9. The highest BCUT2D eigenvalue weighted by Crippen LogP contribution is 2.25. The number of nitrogens with zero attached hydrogens (tertiary/aromatic N) is 2. The minimum absolute atomic E-state index is 0.0610. The quantitative estimate of drug-likeness (QED) is 0.488. The molecule has 4 rings (SSSR count). The van der Waals surface area contributed by atoms with Gasteiger partial charge in [0.2, 0.25) is 10.0 Å². The van der Waals surface area contributed by atoms with Crippen molar-refractivity contribution in [1.29, 1.82) is 0 Å². The van der Waals surface area contributed by atoms with Crippen LogP contribution in [0.2, 0.25) is 0 Å². The van der Waals surface area contributed by atoms with Gasteiger partial charge in [-0.25, -0.2) is 8.42 Å². The van der Waals surface area contributed by atoms with Crippen molar-refractivity contribution in [2.45, 2.75) is 31.4 Å². The Hall–Kier alpha value is -3.20. The summed E-state index contributed by atoms with van der Waals surface area (Å²) < 4.78 is 33.7. The average molecular weight is 495 g/mol. The molecule has 0 radical (unpaired) electrons. The third-order valence-corrected chi connectivity index (χ3v) is 8.01. The molecule has 0 unspecified atom stereocenters. The molecule has 1 heterocycles. The second kappa shape index (κ2) is 11.0. The normalized spacial score (nSPS) is 15.1. The predicted octanol–water partition coefficient (Wildman–Crippen LogP) is 3.71. The molecule has 1 aliphatic rings. The molecular weight excluding hydrogens is 464 g/mol. The van der Waals surface area contributed by atoms with Crippen LogP contribution >= 0.6 is 0 Å². The smallest absolute Gasteiger partial charge is 0.307 e. The van der Waals surface area contributed by atoms with E-state index in [1.165, 1.54) is 4.31 Å². The lowest BCUT2D eigenvalue weighted by atomic mass is 10.1. The highest BCUT2D eigenvalue weighted by Gasteiger charge is 2.28. The predicted molar refractivity (Wildman–Crippen MR) is 134 cm³/mol. The minimum atomic E-state index is -3.53. The van der Waals surface area contributed by atoms with Gasteiger partial charge in [0.1, 0.15) is 12.4 Å². The van der Waals surface area contributed by atoms with Crippen LogP contribution in [0.3, 0.4) is 0 Å². The number of sulfonamides is 1. The summed E-state index contributed by atoms with van der Waals surface area (Å²) in [6.45, 7) is 4.83. The molecule has 0 amide bonds. The number of ether oxygens (including phenoxy) is 1. The van der Waals surface area contributed by atoms with E-state index in [1.54, 1.807) is 18.2 Å². The van der Waals surface area contributed by atoms with E-state index in [2.05, 4.69) is 4.90 Å². The summed E-state index contributed by atoms with van der Waals surface area (Å²) in [7, 11) is -3.53. The monoisotopic (exact) mass is 494 g/mol. The molecule has 8 heteroatoms. The number of carboxylic acids is 1. The van der Waals surface area contributed by atoms with E-state index in [0.29, 0.717) is 55.5 Å². The number of piperazine rings is 1. The van der Waals surface area contributed by atoms with Crippen molar-refractivity contribution >= 4 is 16.0 Å². The van der Waals surface area contributed by atoms with Crippen LogP contribution in [0.5, 0.6) is 5.75 Å². The summed E-state index contributed by atoms with van der Waals surface area (Å²) in [4.78, 5) is 13.7. The van der Waals surface area contributed by atoms with Crippen LogP contribution in [0.1, 0.15) is 22.3 Å². The lowest BCUT2D eigenvalue weighted by molar-refractivity contribution is -0.136. The van der Waals surface area contributed by atoms with Gasteiger partial charge >= 0.3 is 5.97 Å². The third kappa shape index (κ3) is 6.48. The third-order valence-electron chi connectivity index (χ3n) is 6.10. The summed E-state index contributed by atoms with van der Waals surface area (Å²) in [6.07, 6.45) is -0.0610. The molecule has 1 N–H and O–H groups in total. The second-order valence-electron chi connectivity index (χ2n) is 8.78. The molecule has 0 aliphatic carbocycles. The second-order valence-corrected chi connectivity index (χ2v) is 10.7. The largest absolute Gasteiger partial charge is 0.489 e. The van der Waals surface area contributed by atoms with Gasteiger partial charge in [0.15, 0.2) is 0 Å². The molecular formula is C27H30N2O5S. The highest BCUT2D eigenvalue weighted by atomic mass is 32.2. The molecule has 0 atom stereocenters. The number of carboxylic acid groups (broad SMARTS) is 1. The highest BCUT2D eigenvalue weighted by molar-refractivity contribution is 7.89. The van der Waals surface area contributed by atoms with Gasteiger partial charge in [-0.3, -0.25) is 9.69 Å². The van der Waals surface area contributed by atoms with Gasteiger partial charge < -0.3 is 9.84 Å². The van der Waals surface area contributed by atoms with Gasteiger partial charge in [-0.15, -0.1) is 0 Å². The standard InChI is InChI=1S/C27H30N2O5S/c1-21-7-10-25(11-8-21)35(32,33)29-15-13-28(14-16-29)19-24-17-23(18-27(30)31)9-12-26(24)34-20-22-5-3-2-4-6-22/h2-12,17H,13-16,18-20H2,1H3,(H,30,31). The number of carbonyl (C=O) groups is 1. The molecule has 3 aromatic rings. The Morgan fingerprint density at radius 3 is 2.26 bits per heavy atom. The number of hydrogen-bond acceptors (Lipinski definition) is 5. The van der Waals surface area contributed by atoms with Crippen molar-refractivity contribution in [1.82, 2.24) is 9.21 Å². The zero-order valence-electron chi connectivity index (χ0n) is 19.8. The van der Waals surface area contributed by atoms with Crippen LogP contribution in [-0.2, 0) is 34.4 Å². The molecule has 1 saturated heterocycles. The maximum Gasteiger partial charge on any atom is 0.307 e. The topological polar surface area (TPSA) is 87.2 Å². The number of benzene rings is 3. The van der Waals surface area contributed by atoms with Crippen LogP contribution in [0.4, 0.5) is 0 Å². The summed E-state index contributed by atoms with van der Waals surface area (Å²) in [5, 5.41) is 9.21. The summed E-state index contributed by atoms with van der Waals surface area (Å²) >= 11 is 0. The number of aryl methyl sites for hydroxylation is 1. The molecule has 0 bridgehead atoms. The van der Waals surface area contributed by atoms with E-state index in [9.17, 15) is 18.3 Å². The van der Waals surface area contributed by atoms with Crippen molar-refractivity contribution in [2.24, 2.45) is 0 Å². The Morgan fingerprint density at radius 1 is 0.914 bits per heavy atom. The number of hydrogen-bond donors (Lipinski definition) is 1. The maximum absolute atomic E-state index is 13.0. The molecule has 0 saturated carbocycles. The first-order chi connectivity index (χ1) is 16.8. The van der Waals surface area contributed by atoms with Gasteiger partial charge in [0, 0.05) is 38.3 Å². The van der Waals surface area contributed by atoms with Gasteiger partial charge in [0.25, 0.3) is 0 Å². The van der Waals surface area contributed by atoms with E-state index in [-0.39, 0.29) is 6.42 Å². The van der Waals surface area contributed by atoms with Crippen molar-refractivity contribution < 1.29 is 23.1 Å². The Labute approximate surface area is 206 Å². The van der Waals surface area contributed by atoms with Gasteiger partial charge in [-0.2, -0.15) is 4.31 Å². The van der Waals surface area contributed by atoms with E-state index in [0.717, 1.165) is 16.7 Å². The lowest BCUT2D eigenvalue weighted by Crippen LogP contribution is -2.48. The Morgan fingerprint density at radius 2 is 1.60 bits per heavy atom. The van der Waals surface area contributed by atoms with Gasteiger partial charge in [0.05, 0.1) is 11.3 Å². The Bertz CT molecular complexity index is 1250. The number of rotatable bonds is 9. The molecule has 3 aromatic carbocycles. The van der Waals surface area contributed by atoms with E-state index in [1.807, 2.05) is 61.5 Å². The van der Waals surface area contributed by atoms with E-state index < -0.39 is 16.0 Å². The maximum atomic E-state index is 13.0. The average Bonchev–Trinajstić information content (AvgIpc) is 2.84. The first-order valence-electron chi connectivity index (χ1n) is 11.6. The minimum Gasteiger partial charge on any atom is -0.489 e. The van der Waals surface area contributed by atoms with Crippen molar-refractivity contribution in [3.63, 3.8) is 0 Å². The molecule has 1 aliphatic heterocycles. The molecule has 7 nitrogen and oxygen atoms in total. The van der Waals surface area contributed by atoms with Crippen LogP contribution in [-0.4, -0.2) is 54.9 Å². The molecule has 1 fully saturated rings. The van der Waals surface area contributed by atoms with E-state index in [4.69, 9.17) is 4.74 Å². The summed E-state index contributed by atoms with van der Waals surface area (Å²) in [5.41, 5.74) is 3.67. The SMILES string of the molecule is Cc1ccc(S(=O)(=O)N2CCN(Cc3cc(CC(=O)O)ccc3OCc3ccccc3)CC2)cc1. The Balaban J connectivity index is 1.44. The summed E-state index contributed by atoms with van der Waals surface area (Å²) in [5.74, 6) is -0.179. The fraction of sp³-hybridized carbons (Fsp3) is 0.296. The van der Waals surface area contributed by atoms with Crippen LogP contribution in [0.15, 0.2) is 77.7 Å². The van der Waals surface area contributed by atoms with Crippen LogP contribution in [0, 0.1) is 6.92 Å². The fourth-order valence-electron chi connectivity index (χ4n) is 4.15. The van der Waals surface area contributed by atoms with Gasteiger partial charge in [-0.1, -0.05) is 60.2 Å². The molecule has 35 heavy (non-hydrogen) atoms. The van der Waals surface area contributed by atoms with Crippen molar-refractivity contribution in [2.75, 3.05) is 26.2 Å². The van der Waals surface area contributed by atoms with Crippen molar-refractivity contribution in [3.8, 4) is 5.75 Å². The Kier molecular flexibility index (Phi) is 7.85. The zero-order valence-corrected chi connectivity index (χ0v) is 20.6. The number of aliphatic carboxylic acids is 1. The first-order valence-corrected chi connectivity index (χ1v) is 13.0. The van der Waals surface area contributed by atoms with E-state index >= 15 is 0 Å². The molecule has 184 valence electrons. The van der Waals surface area contributed by atoms with Crippen molar-refractivity contribution in [3.05, 3.63) is 95.1 Å². The molecule has 0 aromatic heterocycles. The van der Waals surface area contributed by atoms with Crippen LogP contribution < -0.4 is 4.74 Å². The zero-order chi connectivity index (χ0) is 24.8.